The van der Waals surface area contributed by atoms with Crippen LogP contribution in [0.1, 0.15) is 11.1 Å². The second-order valence-corrected chi connectivity index (χ2v) is 5.01. The quantitative estimate of drug-likeness (QED) is 0.289. The second kappa shape index (κ2) is 5.89. The maximum atomic E-state index is 8.60. The molecule has 19 heavy (non-hydrogen) atoms. The summed E-state index contributed by atoms with van der Waals surface area (Å²) in [6, 6.07) is 5.22. The summed E-state index contributed by atoms with van der Waals surface area (Å²) in [5.74, 6) is 0.655. The SMILES string of the molecule is Cn1nnnc1SCc1ccc(/C(N)=N/O)cc1Cl. The Morgan fingerprint density at radius 1 is 1.58 bits per heavy atom. The maximum absolute atomic E-state index is 8.60. The number of hydrogen-bond donors (Lipinski definition) is 2. The number of amidine groups is 1. The van der Waals surface area contributed by atoms with Crippen molar-refractivity contribution in [1.82, 2.24) is 20.2 Å². The van der Waals surface area contributed by atoms with E-state index in [1.54, 1.807) is 23.9 Å². The van der Waals surface area contributed by atoms with E-state index in [2.05, 4.69) is 20.7 Å². The molecular formula is C10H11ClN6OS. The van der Waals surface area contributed by atoms with Crippen LogP contribution in [0, 0.1) is 0 Å². The summed E-state index contributed by atoms with van der Waals surface area (Å²) in [5, 5.41) is 23.9. The van der Waals surface area contributed by atoms with Crippen molar-refractivity contribution in [1.29, 1.82) is 0 Å². The number of hydrogen-bond acceptors (Lipinski definition) is 6. The van der Waals surface area contributed by atoms with E-state index in [9.17, 15) is 0 Å². The molecule has 1 aromatic carbocycles. The lowest BCUT2D eigenvalue weighted by atomic mass is 10.1. The predicted molar refractivity (Wildman–Crippen MR) is 72.3 cm³/mol. The van der Waals surface area contributed by atoms with Crippen LogP contribution in [0.3, 0.4) is 0 Å². The van der Waals surface area contributed by atoms with Crippen molar-refractivity contribution in [2.75, 3.05) is 0 Å². The van der Waals surface area contributed by atoms with Crippen molar-refractivity contribution in [3.05, 3.63) is 34.3 Å². The fraction of sp³-hybridized carbons (Fsp3) is 0.200. The number of nitrogens with two attached hydrogens (primary N) is 1. The molecule has 7 nitrogen and oxygen atoms in total. The number of rotatable bonds is 4. The minimum Gasteiger partial charge on any atom is -0.409 e. The van der Waals surface area contributed by atoms with E-state index in [-0.39, 0.29) is 5.84 Å². The Morgan fingerprint density at radius 3 is 2.95 bits per heavy atom. The number of oxime groups is 1. The number of thioether (sulfide) groups is 1. The molecule has 1 aromatic heterocycles. The van der Waals surface area contributed by atoms with Gasteiger partial charge < -0.3 is 10.9 Å². The monoisotopic (exact) mass is 298 g/mol. The first kappa shape index (κ1) is 13.6. The highest BCUT2D eigenvalue weighted by molar-refractivity contribution is 7.98. The Hall–Kier alpha value is -1.80. The first-order chi connectivity index (χ1) is 9.11. The summed E-state index contributed by atoms with van der Waals surface area (Å²) in [6.07, 6.45) is 0. The van der Waals surface area contributed by atoms with Crippen molar-refractivity contribution in [3.63, 3.8) is 0 Å². The van der Waals surface area contributed by atoms with Gasteiger partial charge in [-0.3, -0.25) is 0 Å². The Morgan fingerprint density at radius 2 is 2.37 bits per heavy atom. The summed E-state index contributed by atoms with van der Waals surface area (Å²) in [4.78, 5) is 0. The Balaban J connectivity index is 2.12. The van der Waals surface area contributed by atoms with Gasteiger partial charge in [0, 0.05) is 23.4 Å². The van der Waals surface area contributed by atoms with Gasteiger partial charge in [-0.25, -0.2) is 4.68 Å². The third-order valence-corrected chi connectivity index (χ3v) is 3.81. The largest absolute Gasteiger partial charge is 0.409 e. The minimum absolute atomic E-state index is 0.0265. The molecule has 0 aliphatic carbocycles. The van der Waals surface area contributed by atoms with Crippen LogP contribution in [-0.2, 0) is 12.8 Å². The highest BCUT2D eigenvalue weighted by Gasteiger charge is 2.08. The van der Waals surface area contributed by atoms with Crippen LogP contribution in [0.2, 0.25) is 5.02 Å². The number of nitrogens with zero attached hydrogens (tertiary/aromatic N) is 5. The van der Waals surface area contributed by atoms with E-state index in [4.69, 9.17) is 22.5 Å². The van der Waals surface area contributed by atoms with Gasteiger partial charge in [-0.05, 0) is 22.1 Å². The Kier molecular flexibility index (Phi) is 4.23. The van der Waals surface area contributed by atoms with Gasteiger partial charge in [0.1, 0.15) is 0 Å². The highest BCUT2D eigenvalue weighted by Crippen LogP contribution is 2.25. The zero-order valence-electron chi connectivity index (χ0n) is 9.99. The summed E-state index contributed by atoms with van der Waals surface area (Å²) in [6.45, 7) is 0. The van der Waals surface area contributed by atoms with Gasteiger partial charge in [0.2, 0.25) is 5.16 Å². The number of aryl methyl sites for hydroxylation is 1. The molecule has 0 aliphatic rings. The lowest BCUT2D eigenvalue weighted by Gasteiger charge is -2.05. The molecule has 0 radical (unpaired) electrons. The fourth-order valence-corrected chi connectivity index (χ4v) is 2.55. The first-order valence-electron chi connectivity index (χ1n) is 5.23. The standard InChI is InChI=1S/C10H11ClN6OS/c1-17-10(13-15-16-17)19-5-7-3-2-6(4-8(7)11)9(12)14-18/h2-4,18H,5H2,1H3,(H2,12,14). The van der Waals surface area contributed by atoms with E-state index in [0.717, 1.165) is 5.56 Å². The second-order valence-electron chi connectivity index (χ2n) is 3.67. The highest BCUT2D eigenvalue weighted by atomic mass is 35.5. The molecule has 0 saturated carbocycles. The molecule has 3 N–H and O–H groups in total. The lowest BCUT2D eigenvalue weighted by Crippen LogP contribution is -2.13. The molecule has 0 fully saturated rings. The molecule has 0 unspecified atom stereocenters. The number of aromatic nitrogens is 4. The van der Waals surface area contributed by atoms with Crippen LogP contribution in [-0.4, -0.2) is 31.3 Å². The summed E-state index contributed by atoms with van der Waals surface area (Å²) >= 11 is 7.62. The third-order valence-electron chi connectivity index (χ3n) is 2.39. The smallest absolute Gasteiger partial charge is 0.209 e. The van der Waals surface area contributed by atoms with E-state index in [0.29, 0.717) is 21.5 Å². The summed E-state index contributed by atoms with van der Waals surface area (Å²) in [5.41, 5.74) is 6.98. The average molecular weight is 299 g/mol. The van der Waals surface area contributed by atoms with Crippen LogP contribution in [0.25, 0.3) is 0 Å². The van der Waals surface area contributed by atoms with Crippen LogP contribution < -0.4 is 5.73 Å². The molecule has 100 valence electrons. The van der Waals surface area contributed by atoms with Gasteiger partial charge >= 0.3 is 0 Å². The van der Waals surface area contributed by atoms with Crippen LogP contribution >= 0.6 is 23.4 Å². The zero-order valence-corrected chi connectivity index (χ0v) is 11.6. The van der Waals surface area contributed by atoms with Gasteiger partial charge in [0.25, 0.3) is 0 Å². The van der Waals surface area contributed by atoms with E-state index >= 15 is 0 Å². The normalized spacial score (nSPS) is 11.8. The van der Waals surface area contributed by atoms with Gasteiger partial charge in [-0.15, -0.1) is 5.10 Å². The maximum Gasteiger partial charge on any atom is 0.209 e. The predicted octanol–water partition coefficient (Wildman–Crippen LogP) is 1.25. The van der Waals surface area contributed by atoms with Gasteiger partial charge in [-0.1, -0.05) is 40.7 Å². The third kappa shape index (κ3) is 3.15. The van der Waals surface area contributed by atoms with Crippen LogP contribution in [0.15, 0.2) is 28.5 Å². The average Bonchev–Trinajstić information content (AvgIpc) is 2.82. The molecule has 2 rings (SSSR count). The first-order valence-corrected chi connectivity index (χ1v) is 6.59. The van der Waals surface area contributed by atoms with Crippen molar-refractivity contribution in [2.24, 2.45) is 17.9 Å². The van der Waals surface area contributed by atoms with Gasteiger partial charge in [0.05, 0.1) is 0 Å². The molecule has 2 aromatic rings. The van der Waals surface area contributed by atoms with Gasteiger partial charge in [-0.2, -0.15) is 0 Å². The lowest BCUT2D eigenvalue weighted by molar-refractivity contribution is 0.318. The molecule has 0 atom stereocenters. The number of halogens is 1. The van der Waals surface area contributed by atoms with E-state index in [1.807, 2.05) is 6.07 Å². The molecule has 0 spiro atoms. The fourth-order valence-electron chi connectivity index (χ4n) is 1.37. The van der Waals surface area contributed by atoms with Crippen LogP contribution in [0.4, 0.5) is 0 Å². The zero-order chi connectivity index (χ0) is 13.8. The number of benzene rings is 1. The van der Waals surface area contributed by atoms with Crippen molar-refractivity contribution >= 4 is 29.2 Å². The van der Waals surface area contributed by atoms with Crippen molar-refractivity contribution in [3.8, 4) is 0 Å². The van der Waals surface area contributed by atoms with E-state index in [1.165, 1.54) is 11.8 Å². The topological polar surface area (TPSA) is 102 Å². The summed E-state index contributed by atoms with van der Waals surface area (Å²) in [7, 11) is 1.77. The molecule has 1 heterocycles. The molecule has 0 amide bonds. The van der Waals surface area contributed by atoms with E-state index < -0.39 is 0 Å². The Bertz CT molecular complexity index is 614. The number of tetrazole rings is 1. The summed E-state index contributed by atoms with van der Waals surface area (Å²) < 4.78 is 1.59. The molecule has 9 heteroatoms. The van der Waals surface area contributed by atoms with Gasteiger partial charge in [0.15, 0.2) is 5.84 Å². The minimum atomic E-state index is 0.0265. The van der Waals surface area contributed by atoms with Crippen molar-refractivity contribution in [2.45, 2.75) is 10.9 Å². The molecular weight excluding hydrogens is 288 g/mol. The van der Waals surface area contributed by atoms with Crippen molar-refractivity contribution < 1.29 is 5.21 Å². The molecule has 0 bridgehead atoms. The molecule has 0 aliphatic heterocycles. The molecule has 0 saturated heterocycles. The van der Waals surface area contributed by atoms with Crippen LogP contribution in [0.5, 0.6) is 0 Å². The Labute approximate surface area is 118 Å².